The molecule has 1 aliphatic rings. The highest BCUT2D eigenvalue weighted by atomic mass is 32.1. The Labute approximate surface area is 130 Å². The zero-order chi connectivity index (χ0) is 14.8. The lowest BCUT2D eigenvalue weighted by Crippen LogP contribution is -2.26. The Bertz CT molecular complexity index is 590. The molecule has 3 rings (SSSR count). The lowest BCUT2D eigenvalue weighted by atomic mass is 10.2. The summed E-state index contributed by atoms with van der Waals surface area (Å²) in [4.78, 5) is 13.2. The van der Waals surface area contributed by atoms with Crippen LogP contribution in [0.25, 0.3) is 0 Å². The second-order valence-corrected chi connectivity index (χ2v) is 6.84. The van der Waals surface area contributed by atoms with Gasteiger partial charge < -0.3 is 10.2 Å². The van der Waals surface area contributed by atoms with Crippen LogP contribution in [0.15, 0.2) is 23.6 Å². The molecule has 0 atom stereocenters. The maximum atomic E-state index is 4.80. The van der Waals surface area contributed by atoms with E-state index in [1.807, 2.05) is 18.4 Å². The predicted octanol–water partition coefficient (Wildman–Crippen LogP) is 3.87. The Morgan fingerprint density at radius 1 is 1.38 bits per heavy atom. The molecule has 0 bridgehead atoms. The number of nitrogens with zero attached hydrogens (tertiary/aromatic N) is 3. The second-order valence-electron chi connectivity index (χ2n) is 5.81. The van der Waals surface area contributed by atoms with Gasteiger partial charge in [-0.3, -0.25) is 0 Å². The molecule has 21 heavy (non-hydrogen) atoms. The molecule has 5 heteroatoms. The van der Waals surface area contributed by atoms with E-state index in [2.05, 4.69) is 52.6 Å². The van der Waals surface area contributed by atoms with Gasteiger partial charge in [0, 0.05) is 30.0 Å². The molecule has 1 fully saturated rings. The highest BCUT2D eigenvalue weighted by Crippen LogP contribution is 2.34. The van der Waals surface area contributed by atoms with Crippen LogP contribution in [0.2, 0.25) is 0 Å². The fourth-order valence-corrected chi connectivity index (χ4v) is 3.04. The first-order valence-electron chi connectivity index (χ1n) is 7.53. The van der Waals surface area contributed by atoms with Gasteiger partial charge in [0.15, 0.2) is 0 Å². The van der Waals surface area contributed by atoms with Crippen LogP contribution in [-0.4, -0.2) is 23.1 Å². The van der Waals surface area contributed by atoms with E-state index in [9.17, 15) is 0 Å². The summed E-state index contributed by atoms with van der Waals surface area (Å²) in [7, 11) is 1.91. The van der Waals surface area contributed by atoms with Crippen LogP contribution in [0.5, 0.6) is 0 Å². The van der Waals surface area contributed by atoms with E-state index in [-0.39, 0.29) is 0 Å². The molecule has 0 unspecified atom stereocenters. The van der Waals surface area contributed by atoms with Crippen molar-refractivity contribution < 1.29 is 0 Å². The van der Waals surface area contributed by atoms with E-state index in [1.165, 1.54) is 17.7 Å². The maximum Gasteiger partial charge on any atom is 0.135 e. The molecule has 2 heterocycles. The van der Waals surface area contributed by atoms with E-state index in [4.69, 9.17) is 4.98 Å². The molecule has 0 aromatic carbocycles. The summed E-state index contributed by atoms with van der Waals surface area (Å²) in [6, 6.07) is 7.01. The van der Waals surface area contributed by atoms with E-state index in [0.717, 1.165) is 24.0 Å². The van der Waals surface area contributed by atoms with Crippen molar-refractivity contribution in [2.75, 3.05) is 17.3 Å². The van der Waals surface area contributed by atoms with Crippen LogP contribution in [-0.2, 0) is 6.54 Å². The van der Waals surface area contributed by atoms with Gasteiger partial charge >= 0.3 is 0 Å². The van der Waals surface area contributed by atoms with Gasteiger partial charge in [-0.15, -0.1) is 11.3 Å². The fourth-order valence-electron chi connectivity index (χ4n) is 2.34. The average molecular weight is 302 g/mol. The lowest BCUT2D eigenvalue weighted by molar-refractivity contribution is 0.739. The highest BCUT2D eigenvalue weighted by molar-refractivity contribution is 7.09. The van der Waals surface area contributed by atoms with Crippen LogP contribution in [0.1, 0.15) is 43.3 Å². The minimum atomic E-state index is 0.333. The molecular weight excluding hydrogens is 280 g/mol. The number of aromatic nitrogens is 2. The molecule has 2 aromatic heterocycles. The fraction of sp³-hybridized carbons (Fsp3) is 0.500. The zero-order valence-electron chi connectivity index (χ0n) is 12.8. The van der Waals surface area contributed by atoms with Gasteiger partial charge in [0.25, 0.3) is 0 Å². The first-order valence-corrected chi connectivity index (χ1v) is 8.41. The van der Waals surface area contributed by atoms with Crippen LogP contribution in [0.4, 0.5) is 11.6 Å². The van der Waals surface area contributed by atoms with E-state index in [0.29, 0.717) is 12.0 Å². The number of rotatable bonds is 6. The Kier molecular flexibility index (Phi) is 4.10. The molecular formula is C16H22N4S. The summed E-state index contributed by atoms with van der Waals surface area (Å²) in [6.45, 7) is 5.22. The number of hydrogen-bond donors (Lipinski definition) is 1. The molecule has 4 nitrogen and oxygen atoms in total. The summed E-state index contributed by atoms with van der Waals surface area (Å²) in [5, 5.41) is 5.30. The molecule has 0 aliphatic heterocycles. The van der Waals surface area contributed by atoms with Gasteiger partial charge in [-0.05, 0) is 24.3 Å². The number of anilines is 2. The summed E-state index contributed by atoms with van der Waals surface area (Å²) in [5.74, 6) is 3.20. The average Bonchev–Trinajstić information content (AvgIpc) is 3.20. The van der Waals surface area contributed by atoms with Crippen LogP contribution >= 0.6 is 11.3 Å². The van der Waals surface area contributed by atoms with Crippen molar-refractivity contribution in [3.8, 4) is 0 Å². The Morgan fingerprint density at radius 2 is 2.19 bits per heavy atom. The minimum absolute atomic E-state index is 0.333. The van der Waals surface area contributed by atoms with Gasteiger partial charge in [-0.2, -0.15) is 0 Å². The molecule has 2 aromatic rings. The quantitative estimate of drug-likeness (QED) is 0.879. The first kappa shape index (κ1) is 14.3. The Hall–Kier alpha value is -1.62. The molecule has 1 aliphatic carbocycles. The number of nitrogens with one attached hydrogen (secondary N) is 1. The first-order chi connectivity index (χ1) is 10.2. The van der Waals surface area contributed by atoms with Crippen molar-refractivity contribution >= 4 is 23.0 Å². The third kappa shape index (κ3) is 3.35. The van der Waals surface area contributed by atoms with E-state index in [1.54, 1.807) is 0 Å². The largest absolute Gasteiger partial charge is 0.373 e. The van der Waals surface area contributed by atoms with E-state index >= 15 is 0 Å². The molecule has 112 valence electrons. The SMILES string of the molecule is CNc1cc(N(Cc2cccs2)C2CC2)nc(C(C)C)n1. The summed E-state index contributed by atoms with van der Waals surface area (Å²) < 4.78 is 0. The molecule has 0 amide bonds. The number of thiophene rings is 1. The molecule has 0 spiro atoms. The van der Waals surface area contributed by atoms with Gasteiger partial charge in [0.2, 0.25) is 0 Å². The zero-order valence-corrected chi connectivity index (χ0v) is 13.7. The molecule has 1 N–H and O–H groups in total. The van der Waals surface area contributed by atoms with Crippen LogP contribution in [0.3, 0.4) is 0 Å². The lowest BCUT2D eigenvalue weighted by Gasteiger charge is -2.24. The normalized spacial score (nSPS) is 14.5. The Balaban J connectivity index is 1.92. The van der Waals surface area contributed by atoms with E-state index < -0.39 is 0 Å². The minimum Gasteiger partial charge on any atom is -0.373 e. The third-order valence-corrected chi connectivity index (χ3v) is 4.55. The van der Waals surface area contributed by atoms with Gasteiger partial charge in [-0.25, -0.2) is 9.97 Å². The van der Waals surface area contributed by atoms with Crippen molar-refractivity contribution in [2.45, 2.75) is 45.2 Å². The van der Waals surface area contributed by atoms with Crippen molar-refractivity contribution in [2.24, 2.45) is 0 Å². The monoisotopic (exact) mass is 302 g/mol. The smallest absolute Gasteiger partial charge is 0.135 e. The summed E-state index contributed by atoms with van der Waals surface area (Å²) in [5.41, 5.74) is 0. The highest BCUT2D eigenvalue weighted by Gasteiger charge is 2.31. The predicted molar refractivity (Wildman–Crippen MR) is 89.2 cm³/mol. The van der Waals surface area contributed by atoms with Crippen LogP contribution < -0.4 is 10.2 Å². The van der Waals surface area contributed by atoms with Gasteiger partial charge in [-0.1, -0.05) is 19.9 Å². The van der Waals surface area contributed by atoms with Crippen molar-refractivity contribution in [1.82, 2.24) is 9.97 Å². The topological polar surface area (TPSA) is 41.0 Å². The maximum absolute atomic E-state index is 4.80. The summed E-state index contributed by atoms with van der Waals surface area (Å²) in [6.07, 6.45) is 2.53. The van der Waals surface area contributed by atoms with Gasteiger partial charge in [0.1, 0.15) is 17.5 Å². The molecule has 0 saturated heterocycles. The van der Waals surface area contributed by atoms with Crippen molar-refractivity contribution in [3.05, 3.63) is 34.3 Å². The number of hydrogen-bond acceptors (Lipinski definition) is 5. The van der Waals surface area contributed by atoms with Crippen molar-refractivity contribution in [3.63, 3.8) is 0 Å². The summed E-state index contributed by atoms with van der Waals surface area (Å²) >= 11 is 1.81. The van der Waals surface area contributed by atoms with Crippen LogP contribution in [0, 0.1) is 0 Å². The second kappa shape index (κ2) is 6.02. The Morgan fingerprint density at radius 3 is 2.76 bits per heavy atom. The molecule has 0 radical (unpaired) electrons. The standard InChI is InChI=1S/C16H22N4S/c1-11(2)16-18-14(17-3)9-15(19-16)20(12-6-7-12)10-13-5-4-8-21-13/h4-5,8-9,11-12H,6-7,10H2,1-3H3,(H,17,18,19). The van der Waals surface area contributed by atoms with Gasteiger partial charge in [0.05, 0.1) is 6.54 Å². The van der Waals surface area contributed by atoms with Crippen molar-refractivity contribution in [1.29, 1.82) is 0 Å². The molecule has 1 saturated carbocycles. The third-order valence-electron chi connectivity index (χ3n) is 3.69.